The third-order valence-corrected chi connectivity index (χ3v) is 3.03. The predicted molar refractivity (Wildman–Crippen MR) is 71.4 cm³/mol. The molecule has 0 amide bonds. The molecule has 5 heteroatoms. The van der Waals surface area contributed by atoms with Crippen LogP contribution in [0.2, 0.25) is 0 Å². The summed E-state index contributed by atoms with van der Waals surface area (Å²) in [5, 5.41) is 3.03. The van der Waals surface area contributed by atoms with Gasteiger partial charge in [-0.05, 0) is 32.1 Å². The van der Waals surface area contributed by atoms with Crippen molar-refractivity contribution in [3.63, 3.8) is 0 Å². The summed E-state index contributed by atoms with van der Waals surface area (Å²) in [6.45, 7) is 6.56. The van der Waals surface area contributed by atoms with Crippen molar-refractivity contribution < 1.29 is 4.39 Å². The van der Waals surface area contributed by atoms with Crippen LogP contribution in [-0.2, 0) is 0 Å². The first-order valence-electron chi connectivity index (χ1n) is 6.76. The van der Waals surface area contributed by atoms with Gasteiger partial charge in [0.15, 0.2) is 11.6 Å². The third-order valence-electron chi connectivity index (χ3n) is 3.03. The minimum absolute atomic E-state index is 0.328. The smallest absolute Gasteiger partial charge is 0.224 e. The van der Waals surface area contributed by atoms with Crippen LogP contribution in [0.1, 0.15) is 33.1 Å². The molecule has 1 saturated carbocycles. The fourth-order valence-corrected chi connectivity index (χ4v) is 1.99. The Morgan fingerprint density at radius 1 is 1.44 bits per heavy atom. The maximum absolute atomic E-state index is 13.9. The Balaban J connectivity index is 2.17. The summed E-state index contributed by atoms with van der Waals surface area (Å²) in [5.74, 6) is 1.33. The molecule has 4 nitrogen and oxygen atoms in total. The summed E-state index contributed by atoms with van der Waals surface area (Å²) < 4.78 is 13.9. The third kappa shape index (κ3) is 3.31. The molecule has 1 N–H and O–H groups in total. The van der Waals surface area contributed by atoms with Crippen LogP contribution in [0, 0.1) is 11.7 Å². The van der Waals surface area contributed by atoms with Gasteiger partial charge in [0, 0.05) is 19.6 Å². The molecule has 18 heavy (non-hydrogen) atoms. The lowest BCUT2D eigenvalue weighted by Crippen LogP contribution is -2.28. The molecule has 0 atom stereocenters. The molecule has 0 aromatic carbocycles. The second-order valence-corrected chi connectivity index (χ2v) is 4.78. The first-order chi connectivity index (χ1) is 8.74. The number of hydrogen-bond acceptors (Lipinski definition) is 4. The normalized spacial score (nSPS) is 14.6. The van der Waals surface area contributed by atoms with Crippen molar-refractivity contribution in [3.05, 3.63) is 12.0 Å². The minimum Gasteiger partial charge on any atom is -0.354 e. The maximum Gasteiger partial charge on any atom is 0.224 e. The van der Waals surface area contributed by atoms with E-state index in [-0.39, 0.29) is 5.82 Å². The number of nitrogens with zero attached hydrogens (tertiary/aromatic N) is 3. The highest BCUT2D eigenvalue weighted by atomic mass is 19.1. The number of aromatic nitrogens is 2. The topological polar surface area (TPSA) is 41.1 Å². The second kappa shape index (κ2) is 5.98. The molecule has 100 valence electrons. The minimum atomic E-state index is -0.328. The van der Waals surface area contributed by atoms with E-state index in [0.29, 0.717) is 17.7 Å². The SMILES string of the molecule is CCCN(CC1CC1)c1nc(NCC)ncc1F. The van der Waals surface area contributed by atoms with Gasteiger partial charge in [0.1, 0.15) is 0 Å². The molecule has 0 bridgehead atoms. The Bertz CT molecular complexity index is 393. The van der Waals surface area contributed by atoms with Gasteiger partial charge in [0.2, 0.25) is 5.95 Å². The first-order valence-corrected chi connectivity index (χ1v) is 6.76. The van der Waals surface area contributed by atoms with Crippen molar-refractivity contribution in [1.82, 2.24) is 9.97 Å². The van der Waals surface area contributed by atoms with E-state index < -0.39 is 0 Å². The zero-order valence-corrected chi connectivity index (χ0v) is 11.1. The lowest BCUT2D eigenvalue weighted by atomic mass is 10.3. The van der Waals surface area contributed by atoms with Crippen LogP contribution >= 0.6 is 0 Å². The molecule has 1 fully saturated rings. The molecule has 1 aliphatic carbocycles. The van der Waals surface area contributed by atoms with Crippen molar-refractivity contribution in [1.29, 1.82) is 0 Å². The lowest BCUT2D eigenvalue weighted by molar-refractivity contribution is 0.593. The van der Waals surface area contributed by atoms with E-state index >= 15 is 0 Å². The molecule has 0 radical (unpaired) electrons. The first kappa shape index (κ1) is 13.1. The molecule has 2 rings (SSSR count). The Kier molecular flexibility index (Phi) is 4.33. The standard InChI is InChI=1S/C13H21FN4/c1-3-7-18(9-10-5-6-10)12-11(14)8-16-13(17-12)15-4-2/h8,10H,3-7,9H2,1-2H3,(H,15,16,17). The molecular formula is C13H21FN4. The molecule has 0 saturated heterocycles. The summed E-state index contributed by atoms with van der Waals surface area (Å²) in [5.41, 5.74) is 0. The highest BCUT2D eigenvalue weighted by molar-refractivity contribution is 5.44. The summed E-state index contributed by atoms with van der Waals surface area (Å²) in [7, 11) is 0. The summed E-state index contributed by atoms with van der Waals surface area (Å²) in [6, 6.07) is 0. The van der Waals surface area contributed by atoms with Gasteiger partial charge in [0.25, 0.3) is 0 Å². The van der Waals surface area contributed by atoms with Gasteiger partial charge in [-0.1, -0.05) is 6.92 Å². The van der Waals surface area contributed by atoms with Gasteiger partial charge in [-0.25, -0.2) is 9.37 Å². The summed E-state index contributed by atoms with van der Waals surface area (Å²) >= 11 is 0. The lowest BCUT2D eigenvalue weighted by Gasteiger charge is -2.23. The Morgan fingerprint density at radius 3 is 2.83 bits per heavy atom. The van der Waals surface area contributed by atoms with E-state index in [0.717, 1.165) is 26.1 Å². The second-order valence-electron chi connectivity index (χ2n) is 4.78. The Hall–Kier alpha value is -1.39. The highest BCUT2D eigenvalue weighted by Crippen LogP contribution is 2.31. The molecule has 0 aliphatic heterocycles. The number of halogens is 1. The quantitative estimate of drug-likeness (QED) is 0.810. The van der Waals surface area contributed by atoms with E-state index in [1.54, 1.807) is 0 Å². The number of anilines is 2. The van der Waals surface area contributed by atoms with Crippen molar-refractivity contribution in [2.75, 3.05) is 29.9 Å². The molecule has 1 heterocycles. The van der Waals surface area contributed by atoms with Gasteiger partial charge in [-0.3, -0.25) is 0 Å². The Labute approximate surface area is 108 Å². The van der Waals surface area contributed by atoms with E-state index in [1.165, 1.54) is 19.0 Å². The van der Waals surface area contributed by atoms with Gasteiger partial charge < -0.3 is 10.2 Å². The average molecular weight is 252 g/mol. The van der Waals surface area contributed by atoms with Crippen LogP contribution < -0.4 is 10.2 Å². The monoisotopic (exact) mass is 252 g/mol. The number of nitrogens with one attached hydrogen (secondary N) is 1. The van der Waals surface area contributed by atoms with Crippen LogP contribution in [0.5, 0.6) is 0 Å². The predicted octanol–water partition coefficient (Wildman–Crippen LogP) is 2.67. The fraction of sp³-hybridized carbons (Fsp3) is 0.692. The summed E-state index contributed by atoms with van der Waals surface area (Å²) in [6.07, 6.45) is 4.77. The van der Waals surface area contributed by atoms with Gasteiger partial charge in [-0.2, -0.15) is 4.98 Å². The molecule has 0 unspecified atom stereocenters. The molecule has 1 aromatic heterocycles. The Morgan fingerprint density at radius 2 is 2.22 bits per heavy atom. The van der Waals surface area contributed by atoms with Crippen LogP contribution in [-0.4, -0.2) is 29.6 Å². The van der Waals surface area contributed by atoms with Crippen molar-refractivity contribution in [2.45, 2.75) is 33.1 Å². The fourth-order valence-electron chi connectivity index (χ4n) is 1.99. The van der Waals surface area contributed by atoms with E-state index in [9.17, 15) is 4.39 Å². The molecule has 1 aliphatic rings. The highest BCUT2D eigenvalue weighted by Gasteiger charge is 2.26. The van der Waals surface area contributed by atoms with Crippen LogP contribution in [0.25, 0.3) is 0 Å². The molecule has 1 aromatic rings. The van der Waals surface area contributed by atoms with Crippen molar-refractivity contribution in [2.24, 2.45) is 5.92 Å². The zero-order valence-electron chi connectivity index (χ0n) is 11.1. The van der Waals surface area contributed by atoms with Crippen LogP contribution in [0.3, 0.4) is 0 Å². The van der Waals surface area contributed by atoms with Gasteiger partial charge in [0.05, 0.1) is 6.20 Å². The number of rotatable bonds is 7. The van der Waals surface area contributed by atoms with Crippen molar-refractivity contribution in [3.8, 4) is 0 Å². The maximum atomic E-state index is 13.9. The van der Waals surface area contributed by atoms with Gasteiger partial charge in [-0.15, -0.1) is 0 Å². The van der Waals surface area contributed by atoms with E-state index in [4.69, 9.17) is 0 Å². The number of hydrogen-bond donors (Lipinski definition) is 1. The van der Waals surface area contributed by atoms with Gasteiger partial charge >= 0.3 is 0 Å². The van der Waals surface area contributed by atoms with Crippen molar-refractivity contribution >= 4 is 11.8 Å². The zero-order chi connectivity index (χ0) is 13.0. The summed E-state index contributed by atoms with van der Waals surface area (Å²) in [4.78, 5) is 10.3. The van der Waals surface area contributed by atoms with Crippen LogP contribution in [0.4, 0.5) is 16.2 Å². The largest absolute Gasteiger partial charge is 0.354 e. The van der Waals surface area contributed by atoms with Crippen LogP contribution in [0.15, 0.2) is 6.20 Å². The molecule has 0 spiro atoms. The molecular weight excluding hydrogens is 231 g/mol. The average Bonchev–Trinajstić information content (AvgIpc) is 3.15. The van der Waals surface area contributed by atoms with E-state index in [2.05, 4.69) is 27.1 Å². The van der Waals surface area contributed by atoms with E-state index in [1.807, 2.05) is 6.92 Å².